The predicted molar refractivity (Wildman–Crippen MR) is 65.6 cm³/mol. The summed E-state index contributed by atoms with van der Waals surface area (Å²) in [6.45, 7) is 10.6. The summed E-state index contributed by atoms with van der Waals surface area (Å²) >= 11 is 0. The summed E-state index contributed by atoms with van der Waals surface area (Å²) in [7, 11) is 0. The summed E-state index contributed by atoms with van der Waals surface area (Å²) in [6.07, 6.45) is 0. The van der Waals surface area contributed by atoms with Crippen LogP contribution in [0.1, 0.15) is 19.5 Å². The van der Waals surface area contributed by atoms with E-state index in [1.54, 1.807) is 0 Å². The summed E-state index contributed by atoms with van der Waals surface area (Å²) in [5, 5.41) is 11.8. The van der Waals surface area contributed by atoms with Crippen molar-refractivity contribution in [1.29, 1.82) is 0 Å². The highest BCUT2D eigenvalue weighted by atomic mass is 15.3. The molecule has 0 amide bonds. The fraction of sp³-hybridized carbons (Fsp3) is 0.667. The van der Waals surface area contributed by atoms with Crippen LogP contribution in [0.15, 0.2) is 12.1 Å². The molecule has 0 unspecified atom stereocenters. The Bertz CT molecular complexity index is 345. The van der Waals surface area contributed by atoms with Gasteiger partial charge in [0.25, 0.3) is 0 Å². The lowest BCUT2D eigenvalue weighted by Gasteiger charge is -2.29. The van der Waals surface area contributed by atoms with Crippen LogP contribution in [-0.4, -0.2) is 36.4 Å². The van der Waals surface area contributed by atoms with E-state index >= 15 is 0 Å². The summed E-state index contributed by atoms with van der Waals surface area (Å²) in [5.41, 5.74) is 1.25. The van der Waals surface area contributed by atoms with Crippen molar-refractivity contribution in [1.82, 2.24) is 15.5 Å². The van der Waals surface area contributed by atoms with Gasteiger partial charge in [-0.2, -0.15) is 5.10 Å². The molecule has 0 atom stereocenters. The molecule has 2 heterocycles. The third-order valence-corrected chi connectivity index (χ3v) is 2.89. The lowest BCUT2D eigenvalue weighted by atomic mass is 9.93. The van der Waals surface area contributed by atoms with Crippen molar-refractivity contribution in [2.24, 2.45) is 5.41 Å². The molecule has 1 saturated heterocycles. The van der Waals surface area contributed by atoms with Gasteiger partial charge in [0.2, 0.25) is 0 Å². The van der Waals surface area contributed by atoms with Gasteiger partial charge in [-0.1, -0.05) is 13.8 Å². The monoisotopic (exact) mass is 220 g/mol. The molecule has 0 aromatic carbocycles. The highest BCUT2D eigenvalue weighted by Crippen LogP contribution is 2.21. The Morgan fingerprint density at radius 1 is 1.31 bits per heavy atom. The largest absolute Gasteiger partial charge is 0.353 e. The van der Waals surface area contributed by atoms with Gasteiger partial charge in [0.1, 0.15) is 0 Å². The minimum Gasteiger partial charge on any atom is -0.353 e. The molecule has 1 aromatic rings. The lowest BCUT2D eigenvalue weighted by molar-refractivity contribution is 0.370. The molecule has 0 bridgehead atoms. The van der Waals surface area contributed by atoms with E-state index in [-0.39, 0.29) is 5.41 Å². The maximum absolute atomic E-state index is 4.26. The Balaban J connectivity index is 2.16. The zero-order valence-corrected chi connectivity index (χ0v) is 10.3. The van der Waals surface area contributed by atoms with Crippen molar-refractivity contribution in [3.8, 4) is 0 Å². The average Bonchev–Trinajstić information content (AvgIpc) is 2.40. The first-order valence-electron chi connectivity index (χ1n) is 5.83. The van der Waals surface area contributed by atoms with Crippen LogP contribution < -0.4 is 10.2 Å². The maximum Gasteiger partial charge on any atom is 0.151 e. The van der Waals surface area contributed by atoms with E-state index in [0.29, 0.717) is 0 Å². The lowest BCUT2D eigenvalue weighted by Crippen LogP contribution is -2.35. The first-order chi connectivity index (χ1) is 7.57. The SMILES string of the molecule is Cc1ccc(N2CCNCC(C)(C)C2)nn1. The van der Waals surface area contributed by atoms with Gasteiger partial charge in [0, 0.05) is 26.2 Å². The second-order valence-corrected chi connectivity index (χ2v) is 5.30. The Hall–Kier alpha value is -1.16. The molecule has 0 aliphatic carbocycles. The third kappa shape index (κ3) is 2.70. The number of nitrogens with zero attached hydrogens (tertiary/aromatic N) is 3. The number of aryl methyl sites for hydroxylation is 1. The van der Waals surface area contributed by atoms with Gasteiger partial charge in [-0.15, -0.1) is 5.10 Å². The van der Waals surface area contributed by atoms with Crippen molar-refractivity contribution < 1.29 is 0 Å². The molecule has 1 aliphatic rings. The minimum atomic E-state index is 0.281. The van der Waals surface area contributed by atoms with Gasteiger partial charge in [-0.05, 0) is 24.5 Å². The van der Waals surface area contributed by atoms with E-state index in [9.17, 15) is 0 Å². The van der Waals surface area contributed by atoms with E-state index < -0.39 is 0 Å². The standard InChI is InChI=1S/C12H20N4/c1-10-4-5-11(15-14-10)16-7-6-13-8-12(2,3)9-16/h4-5,13H,6-9H2,1-3H3. The molecular formula is C12H20N4. The fourth-order valence-electron chi connectivity index (χ4n) is 2.05. The van der Waals surface area contributed by atoms with E-state index in [4.69, 9.17) is 0 Å². The fourth-order valence-corrected chi connectivity index (χ4v) is 2.05. The van der Waals surface area contributed by atoms with Crippen LogP contribution in [0, 0.1) is 12.3 Å². The third-order valence-electron chi connectivity index (χ3n) is 2.89. The number of aromatic nitrogens is 2. The Morgan fingerprint density at radius 3 is 2.81 bits per heavy atom. The van der Waals surface area contributed by atoms with Crippen LogP contribution in [0.2, 0.25) is 0 Å². The second-order valence-electron chi connectivity index (χ2n) is 5.30. The van der Waals surface area contributed by atoms with Crippen molar-refractivity contribution in [3.63, 3.8) is 0 Å². The molecule has 0 saturated carbocycles. The predicted octanol–water partition coefficient (Wildman–Crippen LogP) is 1.22. The molecule has 2 rings (SSSR count). The van der Waals surface area contributed by atoms with E-state index in [2.05, 4.69) is 40.3 Å². The zero-order chi connectivity index (χ0) is 11.6. The van der Waals surface area contributed by atoms with Crippen LogP contribution in [0.25, 0.3) is 0 Å². The molecular weight excluding hydrogens is 200 g/mol. The van der Waals surface area contributed by atoms with Crippen LogP contribution in [0.3, 0.4) is 0 Å². The summed E-state index contributed by atoms with van der Waals surface area (Å²) in [5.74, 6) is 0.988. The Labute approximate surface area is 97.1 Å². The van der Waals surface area contributed by atoms with E-state index in [1.165, 1.54) is 0 Å². The van der Waals surface area contributed by atoms with Crippen molar-refractivity contribution in [2.75, 3.05) is 31.1 Å². The van der Waals surface area contributed by atoms with Gasteiger partial charge in [-0.25, -0.2) is 0 Å². The smallest absolute Gasteiger partial charge is 0.151 e. The molecule has 1 aromatic heterocycles. The van der Waals surface area contributed by atoms with Gasteiger partial charge < -0.3 is 10.2 Å². The zero-order valence-electron chi connectivity index (χ0n) is 10.3. The van der Waals surface area contributed by atoms with Crippen LogP contribution in [0.4, 0.5) is 5.82 Å². The molecule has 4 heteroatoms. The second kappa shape index (κ2) is 4.37. The Kier molecular flexibility index (Phi) is 3.10. The van der Waals surface area contributed by atoms with Crippen molar-refractivity contribution in [3.05, 3.63) is 17.8 Å². The van der Waals surface area contributed by atoms with Crippen LogP contribution >= 0.6 is 0 Å². The van der Waals surface area contributed by atoms with Crippen LogP contribution in [0.5, 0.6) is 0 Å². The van der Waals surface area contributed by atoms with Gasteiger partial charge in [-0.3, -0.25) is 0 Å². The van der Waals surface area contributed by atoms with Crippen molar-refractivity contribution in [2.45, 2.75) is 20.8 Å². The Morgan fingerprint density at radius 2 is 2.12 bits per heavy atom. The molecule has 4 nitrogen and oxygen atoms in total. The van der Waals surface area contributed by atoms with Crippen LogP contribution in [-0.2, 0) is 0 Å². The molecule has 0 radical (unpaired) electrons. The molecule has 1 N–H and O–H groups in total. The minimum absolute atomic E-state index is 0.281. The summed E-state index contributed by atoms with van der Waals surface area (Å²) < 4.78 is 0. The number of hydrogen-bond acceptors (Lipinski definition) is 4. The summed E-state index contributed by atoms with van der Waals surface area (Å²) in [6, 6.07) is 4.08. The highest BCUT2D eigenvalue weighted by molar-refractivity contribution is 5.38. The molecule has 1 aliphatic heterocycles. The number of rotatable bonds is 1. The van der Waals surface area contributed by atoms with E-state index in [1.807, 2.05) is 13.0 Å². The number of nitrogens with one attached hydrogen (secondary N) is 1. The number of anilines is 1. The normalized spacial score (nSPS) is 20.6. The molecule has 16 heavy (non-hydrogen) atoms. The van der Waals surface area contributed by atoms with Gasteiger partial charge in [0.05, 0.1) is 5.69 Å². The topological polar surface area (TPSA) is 41.0 Å². The summed E-state index contributed by atoms with van der Waals surface area (Å²) in [4.78, 5) is 2.31. The molecule has 0 spiro atoms. The van der Waals surface area contributed by atoms with Gasteiger partial charge in [0.15, 0.2) is 5.82 Å². The first-order valence-corrected chi connectivity index (χ1v) is 5.83. The first kappa shape index (κ1) is 11.3. The van der Waals surface area contributed by atoms with Gasteiger partial charge >= 0.3 is 0 Å². The quantitative estimate of drug-likeness (QED) is 0.772. The maximum atomic E-state index is 4.26. The highest BCUT2D eigenvalue weighted by Gasteiger charge is 2.25. The average molecular weight is 220 g/mol. The molecule has 88 valence electrons. The molecule has 1 fully saturated rings. The van der Waals surface area contributed by atoms with E-state index in [0.717, 1.165) is 37.7 Å². The number of hydrogen-bond donors (Lipinski definition) is 1. The van der Waals surface area contributed by atoms with Crippen molar-refractivity contribution >= 4 is 5.82 Å².